The van der Waals surface area contributed by atoms with Crippen LogP contribution in [0.1, 0.15) is 66.2 Å². The standard InChI is InChI=1S/2C8H17NS2.Cu/c2*1-3-5-6-7-9(4-2)8(10)11;/h2*3-7H2,1-2H3,(H,10,11);/q;;+2/p-2. The molecule has 0 fully saturated rings. The molecule has 0 aliphatic carbocycles. The van der Waals surface area contributed by atoms with Gasteiger partial charge in [-0.05, 0) is 26.7 Å². The van der Waals surface area contributed by atoms with Crippen LogP contribution in [0.4, 0.5) is 0 Å². The molecule has 0 aromatic heterocycles. The summed E-state index contributed by atoms with van der Waals surface area (Å²) in [6, 6.07) is 0. The molecule has 0 aliphatic rings. The second-order valence-electron chi connectivity index (χ2n) is 5.11. The molecule has 141 valence electrons. The molecule has 2 nitrogen and oxygen atoms in total. The van der Waals surface area contributed by atoms with Crippen molar-refractivity contribution in [3.05, 3.63) is 0 Å². The van der Waals surface area contributed by atoms with Crippen LogP contribution in [0, 0.1) is 0 Å². The Bertz CT molecular complexity index is 263. The van der Waals surface area contributed by atoms with Crippen LogP contribution >= 0.6 is 24.4 Å². The zero-order valence-electron chi connectivity index (χ0n) is 14.9. The monoisotopic (exact) mass is 443 g/mol. The maximum Gasteiger partial charge on any atom is 2.00 e. The summed E-state index contributed by atoms with van der Waals surface area (Å²) in [4.78, 5) is 4.14. The third-order valence-electron chi connectivity index (χ3n) is 3.34. The average molecular weight is 444 g/mol. The van der Waals surface area contributed by atoms with E-state index in [1.54, 1.807) is 0 Å². The van der Waals surface area contributed by atoms with Crippen molar-refractivity contribution >= 4 is 58.3 Å². The first-order chi connectivity index (χ1) is 10.4. The SMILES string of the molecule is CCCCCN(CC)C(=S)[S-].CCCCCN(CC)C(=S)[S-].[Cu+2]. The van der Waals surface area contributed by atoms with Crippen LogP contribution in [0.25, 0.3) is 0 Å². The molecule has 0 rings (SSSR count). The summed E-state index contributed by atoms with van der Waals surface area (Å²) < 4.78 is 1.23. The Morgan fingerprint density at radius 3 is 1.17 bits per heavy atom. The smallest absolute Gasteiger partial charge is 0.411 e. The first kappa shape index (κ1) is 28.5. The van der Waals surface area contributed by atoms with Gasteiger partial charge in [0.1, 0.15) is 0 Å². The minimum Gasteiger partial charge on any atom is -0.411 e. The zero-order valence-corrected chi connectivity index (χ0v) is 19.1. The summed E-state index contributed by atoms with van der Waals surface area (Å²) in [6.45, 7) is 12.5. The van der Waals surface area contributed by atoms with Gasteiger partial charge in [0.25, 0.3) is 0 Å². The number of hydrogen-bond donors (Lipinski definition) is 0. The first-order valence-corrected chi connectivity index (χ1v) is 9.99. The minimum absolute atomic E-state index is 0. The molecule has 0 saturated heterocycles. The summed E-state index contributed by atoms with van der Waals surface area (Å²) >= 11 is 19.6. The fraction of sp³-hybridized carbons (Fsp3) is 0.875. The van der Waals surface area contributed by atoms with Crippen molar-refractivity contribution in [3.63, 3.8) is 0 Å². The molecule has 0 aromatic carbocycles. The summed E-state index contributed by atoms with van der Waals surface area (Å²) in [6.07, 6.45) is 7.47. The summed E-state index contributed by atoms with van der Waals surface area (Å²) in [5.74, 6) is 0. The van der Waals surface area contributed by atoms with Crippen LogP contribution < -0.4 is 0 Å². The normalized spacial score (nSPS) is 9.22. The van der Waals surface area contributed by atoms with Crippen LogP contribution in [0.5, 0.6) is 0 Å². The molecule has 0 saturated carbocycles. The minimum atomic E-state index is 0. The van der Waals surface area contributed by atoms with Crippen molar-refractivity contribution in [2.45, 2.75) is 66.2 Å². The molecule has 23 heavy (non-hydrogen) atoms. The fourth-order valence-electron chi connectivity index (χ4n) is 1.86. The van der Waals surface area contributed by atoms with Gasteiger partial charge in [-0.3, -0.25) is 0 Å². The number of rotatable bonds is 10. The van der Waals surface area contributed by atoms with Gasteiger partial charge in [-0.2, -0.15) is 0 Å². The molecule has 0 atom stereocenters. The van der Waals surface area contributed by atoms with Crippen LogP contribution in [-0.2, 0) is 42.3 Å². The molecule has 0 unspecified atom stereocenters. The molecule has 0 bridgehead atoms. The Kier molecular flexibility index (Phi) is 25.8. The molecule has 7 heteroatoms. The predicted molar refractivity (Wildman–Crippen MR) is 113 cm³/mol. The van der Waals surface area contributed by atoms with E-state index in [-0.39, 0.29) is 17.1 Å². The van der Waals surface area contributed by atoms with E-state index in [4.69, 9.17) is 49.7 Å². The van der Waals surface area contributed by atoms with Gasteiger partial charge < -0.3 is 59.5 Å². The molecular weight excluding hydrogens is 412 g/mol. The Hall–Kier alpha value is 0.739. The quantitative estimate of drug-likeness (QED) is 0.208. The Morgan fingerprint density at radius 2 is 1.00 bits per heavy atom. The predicted octanol–water partition coefficient (Wildman–Crippen LogP) is 4.66. The Labute approximate surface area is 176 Å². The first-order valence-electron chi connectivity index (χ1n) is 8.36. The summed E-state index contributed by atoms with van der Waals surface area (Å²) in [7, 11) is 0. The van der Waals surface area contributed by atoms with Gasteiger partial charge in [0, 0.05) is 26.2 Å². The largest absolute Gasteiger partial charge is 2.00 e. The van der Waals surface area contributed by atoms with Crippen molar-refractivity contribution in [3.8, 4) is 0 Å². The van der Waals surface area contributed by atoms with E-state index < -0.39 is 0 Å². The Morgan fingerprint density at radius 1 is 0.696 bits per heavy atom. The molecule has 0 aromatic rings. The van der Waals surface area contributed by atoms with Gasteiger partial charge in [0.05, 0.1) is 0 Å². The van der Waals surface area contributed by atoms with Crippen molar-refractivity contribution in [2.24, 2.45) is 0 Å². The molecule has 0 aliphatic heterocycles. The van der Waals surface area contributed by atoms with Gasteiger partial charge in [0.2, 0.25) is 0 Å². The van der Waals surface area contributed by atoms with E-state index in [2.05, 4.69) is 37.5 Å². The van der Waals surface area contributed by atoms with Crippen LogP contribution in [0.2, 0.25) is 0 Å². The van der Waals surface area contributed by atoms with Crippen LogP contribution in [0.15, 0.2) is 0 Å². The third-order valence-corrected chi connectivity index (χ3v) is 4.38. The van der Waals surface area contributed by atoms with Crippen molar-refractivity contribution < 1.29 is 17.1 Å². The molecule has 1 radical (unpaired) electrons. The Balaban J connectivity index is -0.000000333. The average Bonchev–Trinajstić information content (AvgIpc) is 2.48. The number of thiocarbonyl (C=S) groups is 2. The molecule has 0 heterocycles. The molecule has 0 spiro atoms. The second kappa shape index (κ2) is 20.8. The van der Waals surface area contributed by atoms with E-state index in [0.29, 0.717) is 8.64 Å². The molecule has 0 N–H and O–H groups in total. The van der Waals surface area contributed by atoms with Gasteiger partial charge >= 0.3 is 17.1 Å². The van der Waals surface area contributed by atoms with Crippen LogP contribution in [0.3, 0.4) is 0 Å². The van der Waals surface area contributed by atoms with E-state index in [1.807, 2.05) is 0 Å². The van der Waals surface area contributed by atoms with Crippen molar-refractivity contribution in [1.29, 1.82) is 0 Å². The topological polar surface area (TPSA) is 6.48 Å². The third kappa shape index (κ3) is 18.9. The molecular formula is C16H32CuN2S4. The molecule has 0 amide bonds. The maximum atomic E-state index is 4.91. The van der Waals surface area contributed by atoms with Gasteiger partial charge in [0.15, 0.2) is 0 Å². The van der Waals surface area contributed by atoms with Gasteiger partial charge in [-0.25, -0.2) is 0 Å². The van der Waals surface area contributed by atoms with Crippen LogP contribution in [-0.4, -0.2) is 44.6 Å². The van der Waals surface area contributed by atoms with Gasteiger partial charge in [-0.15, -0.1) is 0 Å². The van der Waals surface area contributed by atoms with E-state index in [1.165, 1.54) is 38.5 Å². The van der Waals surface area contributed by atoms with Gasteiger partial charge in [-0.1, -0.05) is 48.2 Å². The van der Waals surface area contributed by atoms with E-state index in [9.17, 15) is 0 Å². The number of hydrogen-bond acceptors (Lipinski definition) is 4. The summed E-state index contributed by atoms with van der Waals surface area (Å²) in [5.41, 5.74) is 0. The van der Waals surface area contributed by atoms with Crippen molar-refractivity contribution in [1.82, 2.24) is 9.80 Å². The van der Waals surface area contributed by atoms with E-state index >= 15 is 0 Å². The number of nitrogens with zero attached hydrogens (tertiary/aromatic N) is 2. The van der Waals surface area contributed by atoms with E-state index in [0.717, 1.165) is 26.2 Å². The zero-order chi connectivity index (χ0) is 17.4. The fourth-order valence-corrected chi connectivity index (χ4v) is 2.74. The second-order valence-corrected chi connectivity index (χ2v) is 7.17. The number of unbranched alkanes of at least 4 members (excludes halogenated alkanes) is 4. The maximum absolute atomic E-state index is 4.91. The summed E-state index contributed by atoms with van der Waals surface area (Å²) in [5, 5.41) is 0. The van der Waals surface area contributed by atoms with Crippen molar-refractivity contribution in [2.75, 3.05) is 26.2 Å².